The summed E-state index contributed by atoms with van der Waals surface area (Å²) in [5, 5.41) is 7.34. The van der Waals surface area contributed by atoms with Crippen LogP contribution in [0.25, 0.3) is 5.82 Å². The van der Waals surface area contributed by atoms with Gasteiger partial charge in [0.15, 0.2) is 0 Å². The highest BCUT2D eigenvalue weighted by Gasteiger charge is 2.35. The Kier molecular flexibility index (Phi) is 3.13. The maximum absolute atomic E-state index is 12.5. The van der Waals surface area contributed by atoms with E-state index in [0.717, 1.165) is 18.3 Å². The lowest BCUT2D eigenvalue weighted by Gasteiger charge is -2.18. The van der Waals surface area contributed by atoms with Crippen molar-refractivity contribution in [1.82, 2.24) is 19.7 Å². The summed E-state index contributed by atoms with van der Waals surface area (Å²) in [7, 11) is 1.85. The van der Waals surface area contributed by atoms with Crippen LogP contribution in [0.15, 0.2) is 42.9 Å². The van der Waals surface area contributed by atoms with Crippen molar-refractivity contribution in [3.63, 3.8) is 0 Å². The van der Waals surface area contributed by atoms with Crippen LogP contribution in [0.2, 0.25) is 0 Å². The van der Waals surface area contributed by atoms with Crippen LogP contribution >= 0.6 is 0 Å². The molecule has 2 bridgehead atoms. The molecule has 4 rings (SSSR count). The quantitative estimate of drug-likeness (QED) is 0.879. The lowest BCUT2D eigenvalue weighted by atomic mass is 9.93. The number of hydrogen-bond donors (Lipinski definition) is 1. The molecule has 0 saturated heterocycles. The molecule has 5 heteroatoms. The smallest absolute Gasteiger partial charge is 0.256 e. The molecule has 1 saturated carbocycles. The van der Waals surface area contributed by atoms with Crippen LogP contribution in [0.4, 0.5) is 0 Å². The van der Waals surface area contributed by atoms with Gasteiger partial charge in [0.2, 0.25) is 0 Å². The first kappa shape index (κ1) is 13.4. The third-order valence-corrected chi connectivity index (χ3v) is 4.94. The minimum absolute atomic E-state index is 0.0384. The number of nitrogens with zero attached hydrogens (tertiary/aromatic N) is 3. The molecule has 0 aliphatic heterocycles. The minimum Gasteiger partial charge on any atom is -0.352 e. The van der Waals surface area contributed by atoms with Gasteiger partial charge in [0, 0.05) is 26.0 Å². The number of carbonyl (C=O) groups excluding carboxylic acids is 1. The van der Waals surface area contributed by atoms with Crippen LogP contribution in [-0.2, 0) is 7.05 Å². The summed E-state index contributed by atoms with van der Waals surface area (Å²) in [6, 6.07) is 3.88. The number of rotatable bonds is 4. The Hall–Kier alpha value is -2.30. The Labute approximate surface area is 129 Å². The lowest BCUT2D eigenvalue weighted by Crippen LogP contribution is -2.31. The van der Waals surface area contributed by atoms with Crippen LogP contribution in [0, 0.1) is 17.8 Å². The summed E-state index contributed by atoms with van der Waals surface area (Å²) in [5.41, 5.74) is 0.623. The van der Waals surface area contributed by atoms with Crippen LogP contribution in [0.3, 0.4) is 0 Å². The normalized spacial score (nSPS) is 25.8. The first-order chi connectivity index (χ1) is 10.7. The largest absolute Gasteiger partial charge is 0.352 e. The SMILES string of the molecule is Cn1ncc(C(=O)NC[C@H]2C[C@@H]3C=C[C@@H]2C3)c1-n1cccc1. The summed E-state index contributed by atoms with van der Waals surface area (Å²) in [6.45, 7) is 0.754. The Morgan fingerprint density at radius 3 is 2.82 bits per heavy atom. The second kappa shape index (κ2) is 5.16. The van der Waals surface area contributed by atoms with Crippen LogP contribution in [0.5, 0.6) is 0 Å². The van der Waals surface area contributed by atoms with E-state index in [9.17, 15) is 4.79 Å². The van der Waals surface area contributed by atoms with Gasteiger partial charge in [0.1, 0.15) is 11.4 Å². The summed E-state index contributed by atoms with van der Waals surface area (Å²) in [5.74, 6) is 2.74. The predicted molar refractivity (Wildman–Crippen MR) is 83.7 cm³/mol. The number of carbonyl (C=O) groups is 1. The number of hydrogen-bond acceptors (Lipinski definition) is 2. The molecule has 0 aromatic carbocycles. The summed E-state index contributed by atoms with van der Waals surface area (Å²) >= 11 is 0. The molecule has 1 fully saturated rings. The molecular weight excluding hydrogens is 276 g/mol. The van der Waals surface area contributed by atoms with E-state index >= 15 is 0 Å². The van der Waals surface area contributed by atoms with Crippen molar-refractivity contribution in [2.24, 2.45) is 24.8 Å². The highest BCUT2D eigenvalue weighted by atomic mass is 16.1. The fourth-order valence-corrected chi connectivity index (χ4v) is 3.82. The fourth-order valence-electron chi connectivity index (χ4n) is 3.82. The van der Waals surface area contributed by atoms with Gasteiger partial charge in [-0.25, -0.2) is 0 Å². The molecule has 2 aromatic heterocycles. The Bertz CT molecular complexity index is 713. The molecule has 2 aromatic rings. The summed E-state index contributed by atoms with van der Waals surface area (Å²) < 4.78 is 3.65. The van der Waals surface area contributed by atoms with Crippen molar-refractivity contribution in [3.05, 3.63) is 48.4 Å². The van der Waals surface area contributed by atoms with Gasteiger partial charge in [-0.3, -0.25) is 9.48 Å². The van der Waals surface area contributed by atoms with Gasteiger partial charge < -0.3 is 9.88 Å². The lowest BCUT2D eigenvalue weighted by molar-refractivity contribution is 0.0945. The molecule has 2 aliphatic rings. The predicted octanol–water partition coefficient (Wildman–Crippen LogP) is 2.15. The van der Waals surface area contributed by atoms with Crippen molar-refractivity contribution < 1.29 is 4.79 Å². The Morgan fingerprint density at radius 2 is 2.14 bits per heavy atom. The molecule has 3 atom stereocenters. The van der Waals surface area contributed by atoms with E-state index in [-0.39, 0.29) is 5.91 Å². The van der Waals surface area contributed by atoms with Crippen molar-refractivity contribution in [2.45, 2.75) is 12.8 Å². The second-order valence-corrected chi connectivity index (χ2v) is 6.35. The number of fused-ring (bicyclic) bond motifs is 2. The molecule has 114 valence electrons. The molecule has 2 heterocycles. The highest BCUT2D eigenvalue weighted by molar-refractivity contribution is 5.97. The van der Waals surface area contributed by atoms with Crippen molar-refractivity contribution in [2.75, 3.05) is 6.54 Å². The Morgan fingerprint density at radius 1 is 1.32 bits per heavy atom. The first-order valence-corrected chi connectivity index (χ1v) is 7.84. The van der Waals surface area contributed by atoms with Gasteiger partial charge in [-0.1, -0.05) is 12.2 Å². The van der Waals surface area contributed by atoms with Crippen molar-refractivity contribution in [3.8, 4) is 5.82 Å². The Balaban J connectivity index is 1.48. The van der Waals surface area contributed by atoms with E-state index in [4.69, 9.17) is 0 Å². The van der Waals surface area contributed by atoms with E-state index in [1.807, 2.05) is 36.1 Å². The van der Waals surface area contributed by atoms with E-state index in [2.05, 4.69) is 22.6 Å². The molecule has 1 N–H and O–H groups in total. The van der Waals surface area contributed by atoms with Crippen molar-refractivity contribution >= 4 is 5.91 Å². The zero-order valence-electron chi connectivity index (χ0n) is 12.6. The molecule has 5 nitrogen and oxygen atoms in total. The number of allylic oxidation sites excluding steroid dienone is 2. The first-order valence-electron chi connectivity index (χ1n) is 7.84. The summed E-state index contributed by atoms with van der Waals surface area (Å²) in [4.78, 5) is 12.5. The average molecular weight is 296 g/mol. The van der Waals surface area contributed by atoms with Crippen LogP contribution in [0.1, 0.15) is 23.2 Å². The van der Waals surface area contributed by atoms with Gasteiger partial charge in [0.05, 0.1) is 6.20 Å². The average Bonchev–Trinajstić information content (AvgIpc) is 3.27. The molecule has 22 heavy (non-hydrogen) atoms. The van der Waals surface area contributed by atoms with Crippen molar-refractivity contribution in [1.29, 1.82) is 0 Å². The van der Waals surface area contributed by atoms with Crippen LogP contribution in [-0.4, -0.2) is 26.8 Å². The molecule has 0 spiro atoms. The maximum atomic E-state index is 12.5. The monoisotopic (exact) mass is 296 g/mol. The molecular formula is C17H20N4O. The number of nitrogens with one attached hydrogen (secondary N) is 1. The zero-order valence-corrected chi connectivity index (χ0v) is 12.6. The molecule has 2 aliphatic carbocycles. The third-order valence-electron chi connectivity index (χ3n) is 4.94. The van der Waals surface area contributed by atoms with Crippen LogP contribution < -0.4 is 5.32 Å². The molecule has 0 radical (unpaired) electrons. The summed E-state index contributed by atoms with van der Waals surface area (Å²) in [6.07, 6.45) is 12.6. The second-order valence-electron chi connectivity index (χ2n) is 6.35. The van der Waals surface area contributed by atoms with E-state index < -0.39 is 0 Å². The fraction of sp³-hybridized carbons (Fsp3) is 0.412. The van der Waals surface area contributed by atoms with Gasteiger partial charge in [-0.05, 0) is 42.7 Å². The van der Waals surface area contributed by atoms with Gasteiger partial charge >= 0.3 is 0 Å². The zero-order chi connectivity index (χ0) is 15.1. The molecule has 1 amide bonds. The van der Waals surface area contributed by atoms with E-state index in [0.29, 0.717) is 17.4 Å². The van der Waals surface area contributed by atoms with E-state index in [1.165, 1.54) is 12.8 Å². The third kappa shape index (κ3) is 2.17. The number of aryl methyl sites for hydroxylation is 1. The molecule has 0 unspecified atom stereocenters. The number of aromatic nitrogens is 3. The van der Waals surface area contributed by atoms with E-state index in [1.54, 1.807) is 10.9 Å². The highest BCUT2D eigenvalue weighted by Crippen LogP contribution is 2.42. The minimum atomic E-state index is -0.0384. The van der Waals surface area contributed by atoms with Gasteiger partial charge in [-0.15, -0.1) is 0 Å². The van der Waals surface area contributed by atoms with Gasteiger partial charge in [-0.2, -0.15) is 5.10 Å². The van der Waals surface area contributed by atoms with Gasteiger partial charge in [0.25, 0.3) is 5.91 Å². The number of amides is 1. The topological polar surface area (TPSA) is 51.9 Å². The standard InChI is InChI=1S/C17H20N4O/c1-20-17(21-6-2-3-7-21)15(11-19-20)16(22)18-10-14-9-12-4-5-13(14)8-12/h2-7,11-14H,8-10H2,1H3,(H,18,22)/t12-,13-,14-/m1/s1. The maximum Gasteiger partial charge on any atom is 0.256 e.